The third-order valence-electron chi connectivity index (χ3n) is 4.15. The van der Waals surface area contributed by atoms with Gasteiger partial charge in [0, 0.05) is 19.7 Å². The molecule has 0 saturated carbocycles. The molecule has 1 amide bonds. The number of hydrogen-bond donors (Lipinski definition) is 0. The number of amides is 1. The molecule has 0 radical (unpaired) electrons. The van der Waals surface area contributed by atoms with Gasteiger partial charge in [0.1, 0.15) is 0 Å². The highest BCUT2D eigenvalue weighted by atomic mass is 16.5. The highest BCUT2D eigenvalue weighted by Crippen LogP contribution is 2.25. The van der Waals surface area contributed by atoms with Gasteiger partial charge < -0.3 is 9.64 Å². The fourth-order valence-corrected chi connectivity index (χ4v) is 3.04. The summed E-state index contributed by atoms with van der Waals surface area (Å²) in [5, 5.41) is 0. The zero-order valence-corrected chi connectivity index (χ0v) is 11.5. The number of carbonyl (C=O) groups is 1. The molecule has 1 aromatic carbocycles. The van der Waals surface area contributed by atoms with E-state index in [-0.39, 0.29) is 5.92 Å². The maximum absolute atomic E-state index is 12.1. The van der Waals surface area contributed by atoms with Crippen molar-refractivity contribution in [3.63, 3.8) is 0 Å². The van der Waals surface area contributed by atoms with Crippen LogP contribution >= 0.6 is 0 Å². The number of carbonyl (C=O) groups excluding carboxylic acids is 1. The molecule has 1 unspecified atom stereocenters. The molecule has 2 aliphatic heterocycles. The average Bonchev–Trinajstić information content (AvgIpc) is 2.86. The summed E-state index contributed by atoms with van der Waals surface area (Å²) in [5.74, 6) is 1.06. The number of hydrogen-bond acceptors (Lipinski definition) is 2. The Balaban J connectivity index is 1.48. The predicted molar refractivity (Wildman–Crippen MR) is 73.9 cm³/mol. The van der Waals surface area contributed by atoms with E-state index in [1.165, 1.54) is 11.1 Å². The molecule has 0 N–H and O–H groups in total. The first-order chi connectivity index (χ1) is 9.22. The summed E-state index contributed by atoms with van der Waals surface area (Å²) < 4.78 is 5.29. The van der Waals surface area contributed by atoms with E-state index in [0.717, 1.165) is 32.5 Å². The summed E-state index contributed by atoms with van der Waals surface area (Å²) in [4.78, 5) is 14.1. The van der Waals surface area contributed by atoms with Crippen LogP contribution in [0.4, 0.5) is 0 Å². The molecule has 2 fully saturated rings. The van der Waals surface area contributed by atoms with Crippen molar-refractivity contribution in [2.75, 3.05) is 26.3 Å². The van der Waals surface area contributed by atoms with Crippen LogP contribution in [0.1, 0.15) is 17.5 Å². The van der Waals surface area contributed by atoms with Crippen LogP contribution in [0.5, 0.6) is 0 Å². The molecule has 0 bridgehead atoms. The van der Waals surface area contributed by atoms with Crippen molar-refractivity contribution in [1.82, 2.24) is 4.90 Å². The van der Waals surface area contributed by atoms with Gasteiger partial charge in [0.2, 0.25) is 5.91 Å². The molecule has 1 atom stereocenters. The average molecular weight is 259 g/mol. The van der Waals surface area contributed by atoms with Crippen LogP contribution < -0.4 is 0 Å². The summed E-state index contributed by atoms with van der Waals surface area (Å²) >= 11 is 0. The molecule has 3 nitrogen and oxygen atoms in total. The largest absolute Gasteiger partial charge is 0.381 e. The number of nitrogens with zero attached hydrogens (tertiary/aromatic N) is 1. The fraction of sp³-hybridized carbons (Fsp3) is 0.562. The van der Waals surface area contributed by atoms with Gasteiger partial charge in [-0.1, -0.05) is 29.8 Å². The molecule has 1 aromatic rings. The van der Waals surface area contributed by atoms with Gasteiger partial charge in [-0.15, -0.1) is 0 Å². The Morgan fingerprint density at radius 1 is 1.42 bits per heavy atom. The molecule has 0 aromatic heterocycles. The Morgan fingerprint density at radius 3 is 2.95 bits per heavy atom. The van der Waals surface area contributed by atoms with E-state index in [1.54, 1.807) is 0 Å². The standard InChI is InChI=1S/C16H21NO2/c1-12-3-2-4-13(7-12)8-14-9-17(10-14)16(18)15-5-6-19-11-15/h2-4,7,14-15H,5-6,8-11H2,1H3. The second kappa shape index (κ2) is 5.33. The third-order valence-corrected chi connectivity index (χ3v) is 4.15. The van der Waals surface area contributed by atoms with Crippen molar-refractivity contribution in [3.8, 4) is 0 Å². The topological polar surface area (TPSA) is 29.5 Å². The number of rotatable bonds is 3. The van der Waals surface area contributed by atoms with Crippen LogP contribution in [-0.4, -0.2) is 37.1 Å². The van der Waals surface area contributed by atoms with Crippen molar-refractivity contribution in [2.24, 2.45) is 11.8 Å². The lowest BCUT2D eigenvalue weighted by Crippen LogP contribution is -2.52. The van der Waals surface area contributed by atoms with E-state index in [9.17, 15) is 4.79 Å². The van der Waals surface area contributed by atoms with Crippen molar-refractivity contribution >= 4 is 5.91 Å². The van der Waals surface area contributed by atoms with Gasteiger partial charge in [-0.3, -0.25) is 4.79 Å². The number of likely N-dealkylation sites (tertiary alicyclic amines) is 1. The number of ether oxygens (including phenoxy) is 1. The van der Waals surface area contributed by atoms with Gasteiger partial charge in [0.15, 0.2) is 0 Å². The predicted octanol–water partition coefficient (Wildman–Crippen LogP) is 2.03. The van der Waals surface area contributed by atoms with E-state index in [4.69, 9.17) is 4.74 Å². The molecule has 19 heavy (non-hydrogen) atoms. The Labute approximate surface area is 114 Å². The van der Waals surface area contributed by atoms with Crippen LogP contribution in [0.3, 0.4) is 0 Å². The smallest absolute Gasteiger partial charge is 0.228 e. The molecule has 0 aliphatic carbocycles. The van der Waals surface area contributed by atoms with Crippen LogP contribution in [0, 0.1) is 18.8 Å². The normalized spacial score (nSPS) is 23.4. The highest BCUT2D eigenvalue weighted by molar-refractivity contribution is 5.80. The van der Waals surface area contributed by atoms with Crippen molar-refractivity contribution < 1.29 is 9.53 Å². The van der Waals surface area contributed by atoms with Crippen LogP contribution in [0.2, 0.25) is 0 Å². The molecule has 2 saturated heterocycles. The van der Waals surface area contributed by atoms with Gasteiger partial charge >= 0.3 is 0 Å². The van der Waals surface area contributed by atoms with E-state index in [0.29, 0.717) is 18.4 Å². The summed E-state index contributed by atoms with van der Waals surface area (Å²) in [6.07, 6.45) is 1.99. The van der Waals surface area contributed by atoms with Gasteiger partial charge in [-0.2, -0.15) is 0 Å². The summed E-state index contributed by atoms with van der Waals surface area (Å²) in [6.45, 7) is 5.33. The molecule has 2 aliphatic rings. The highest BCUT2D eigenvalue weighted by Gasteiger charge is 2.35. The maximum atomic E-state index is 12.1. The quantitative estimate of drug-likeness (QED) is 0.831. The summed E-state index contributed by atoms with van der Waals surface area (Å²) in [7, 11) is 0. The minimum atomic E-state index is 0.125. The molecular formula is C16H21NO2. The van der Waals surface area contributed by atoms with Gasteiger partial charge in [0.05, 0.1) is 12.5 Å². The lowest BCUT2D eigenvalue weighted by Gasteiger charge is -2.40. The van der Waals surface area contributed by atoms with E-state index < -0.39 is 0 Å². The molecular weight excluding hydrogens is 238 g/mol. The van der Waals surface area contributed by atoms with Crippen molar-refractivity contribution in [3.05, 3.63) is 35.4 Å². The molecule has 2 heterocycles. The van der Waals surface area contributed by atoms with Gasteiger partial charge in [0.25, 0.3) is 0 Å². The second-order valence-electron chi connectivity index (χ2n) is 5.86. The maximum Gasteiger partial charge on any atom is 0.228 e. The number of benzene rings is 1. The van der Waals surface area contributed by atoms with Crippen LogP contribution in [-0.2, 0) is 16.0 Å². The van der Waals surface area contributed by atoms with Gasteiger partial charge in [-0.25, -0.2) is 0 Å². The number of aryl methyl sites for hydroxylation is 1. The zero-order valence-electron chi connectivity index (χ0n) is 11.5. The first kappa shape index (κ1) is 12.7. The molecule has 0 spiro atoms. The molecule has 102 valence electrons. The fourth-order valence-electron chi connectivity index (χ4n) is 3.04. The second-order valence-corrected chi connectivity index (χ2v) is 5.86. The lowest BCUT2D eigenvalue weighted by molar-refractivity contribution is -0.141. The van der Waals surface area contributed by atoms with E-state index in [2.05, 4.69) is 31.2 Å². The third kappa shape index (κ3) is 2.81. The van der Waals surface area contributed by atoms with Crippen molar-refractivity contribution in [2.45, 2.75) is 19.8 Å². The van der Waals surface area contributed by atoms with Crippen LogP contribution in [0.15, 0.2) is 24.3 Å². The van der Waals surface area contributed by atoms with E-state index >= 15 is 0 Å². The Kier molecular flexibility index (Phi) is 3.56. The minimum absolute atomic E-state index is 0.125. The monoisotopic (exact) mass is 259 g/mol. The first-order valence-corrected chi connectivity index (χ1v) is 7.14. The molecule has 3 heteroatoms. The Morgan fingerprint density at radius 2 is 2.26 bits per heavy atom. The summed E-state index contributed by atoms with van der Waals surface area (Å²) in [6, 6.07) is 8.67. The van der Waals surface area contributed by atoms with E-state index in [1.807, 2.05) is 4.90 Å². The minimum Gasteiger partial charge on any atom is -0.381 e. The summed E-state index contributed by atoms with van der Waals surface area (Å²) in [5.41, 5.74) is 2.70. The van der Waals surface area contributed by atoms with Gasteiger partial charge in [-0.05, 0) is 31.2 Å². The Hall–Kier alpha value is -1.35. The SMILES string of the molecule is Cc1cccc(CC2CN(C(=O)C3CCOC3)C2)c1. The van der Waals surface area contributed by atoms with Crippen LogP contribution in [0.25, 0.3) is 0 Å². The zero-order chi connectivity index (χ0) is 13.2. The Bertz CT molecular complexity index is 460. The van der Waals surface area contributed by atoms with Crippen molar-refractivity contribution in [1.29, 1.82) is 0 Å². The first-order valence-electron chi connectivity index (χ1n) is 7.14. The lowest BCUT2D eigenvalue weighted by atomic mass is 9.90. The molecule has 3 rings (SSSR count).